The van der Waals surface area contributed by atoms with Gasteiger partial charge in [-0.2, -0.15) is 0 Å². The van der Waals surface area contributed by atoms with Crippen LogP contribution in [0.3, 0.4) is 0 Å². The monoisotopic (exact) mass is 460 g/mol. The lowest BCUT2D eigenvalue weighted by molar-refractivity contribution is -0.138. The van der Waals surface area contributed by atoms with Crippen molar-refractivity contribution in [3.05, 3.63) is 90.0 Å². The van der Waals surface area contributed by atoms with Crippen LogP contribution < -0.4 is 4.74 Å². The number of hydrogen-bond donors (Lipinski definition) is 0. The van der Waals surface area contributed by atoms with E-state index in [1.165, 1.54) is 0 Å². The van der Waals surface area contributed by atoms with Crippen molar-refractivity contribution in [3.63, 3.8) is 0 Å². The SMILES string of the molecule is COc1cccc(COC2CN(C(=O)Cc3cccnc3)CC(=O)N(Cc3ccccn3)C2)c1. The number of methoxy groups -OCH3 is 1. The first-order chi connectivity index (χ1) is 16.6. The van der Waals surface area contributed by atoms with Gasteiger partial charge in [0.2, 0.25) is 11.8 Å². The van der Waals surface area contributed by atoms with E-state index in [9.17, 15) is 9.59 Å². The summed E-state index contributed by atoms with van der Waals surface area (Å²) in [6.07, 6.45) is 4.88. The van der Waals surface area contributed by atoms with E-state index >= 15 is 0 Å². The number of nitrogens with zero attached hydrogens (tertiary/aromatic N) is 4. The third-order valence-electron chi connectivity index (χ3n) is 5.66. The number of carbonyl (C=O) groups is 2. The number of hydrogen-bond acceptors (Lipinski definition) is 6. The Morgan fingerprint density at radius 1 is 1.06 bits per heavy atom. The zero-order valence-electron chi connectivity index (χ0n) is 19.2. The molecule has 4 rings (SSSR count). The highest BCUT2D eigenvalue weighted by Gasteiger charge is 2.31. The van der Waals surface area contributed by atoms with E-state index in [0.29, 0.717) is 26.2 Å². The Labute approximate surface area is 199 Å². The lowest BCUT2D eigenvalue weighted by atomic mass is 10.2. The average molecular weight is 461 g/mol. The highest BCUT2D eigenvalue weighted by Crippen LogP contribution is 2.17. The predicted molar refractivity (Wildman–Crippen MR) is 126 cm³/mol. The van der Waals surface area contributed by atoms with Crippen LogP contribution in [0.15, 0.2) is 73.2 Å². The molecule has 3 heterocycles. The number of pyridine rings is 2. The van der Waals surface area contributed by atoms with Gasteiger partial charge < -0.3 is 19.3 Å². The molecule has 2 amide bonds. The number of rotatable bonds is 8. The van der Waals surface area contributed by atoms with E-state index in [2.05, 4.69) is 9.97 Å². The highest BCUT2D eigenvalue weighted by atomic mass is 16.5. The van der Waals surface area contributed by atoms with Gasteiger partial charge >= 0.3 is 0 Å². The maximum Gasteiger partial charge on any atom is 0.242 e. The van der Waals surface area contributed by atoms with Gasteiger partial charge in [0.25, 0.3) is 0 Å². The molecule has 1 saturated heterocycles. The third-order valence-corrected chi connectivity index (χ3v) is 5.66. The van der Waals surface area contributed by atoms with Gasteiger partial charge in [-0.3, -0.25) is 19.6 Å². The lowest BCUT2D eigenvalue weighted by Crippen LogP contribution is -2.40. The molecule has 1 fully saturated rings. The number of benzene rings is 1. The molecule has 1 atom stereocenters. The Morgan fingerprint density at radius 3 is 2.71 bits per heavy atom. The average Bonchev–Trinajstić information content (AvgIpc) is 3.02. The number of ether oxygens (including phenoxy) is 2. The van der Waals surface area contributed by atoms with Gasteiger partial charge in [0, 0.05) is 31.7 Å². The first-order valence-corrected chi connectivity index (χ1v) is 11.2. The van der Waals surface area contributed by atoms with Gasteiger partial charge in [-0.15, -0.1) is 0 Å². The van der Waals surface area contributed by atoms with Crippen molar-refractivity contribution in [2.75, 3.05) is 26.7 Å². The van der Waals surface area contributed by atoms with Crippen molar-refractivity contribution in [2.45, 2.75) is 25.7 Å². The number of aromatic nitrogens is 2. The van der Waals surface area contributed by atoms with E-state index in [4.69, 9.17) is 9.47 Å². The molecule has 0 saturated carbocycles. The van der Waals surface area contributed by atoms with Gasteiger partial charge in [-0.05, 0) is 41.5 Å². The third kappa shape index (κ3) is 6.39. The minimum atomic E-state index is -0.348. The summed E-state index contributed by atoms with van der Waals surface area (Å²) in [5, 5.41) is 0. The molecular weight excluding hydrogens is 432 g/mol. The first kappa shape index (κ1) is 23.4. The summed E-state index contributed by atoms with van der Waals surface area (Å²) in [5.41, 5.74) is 2.56. The molecule has 1 aromatic carbocycles. The Balaban J connectivity index is 1.49. The Kier molecular flexibility index (Phi) is 7.83. The minimum absolute atomic E-state index is 0.00491. The van der Waals surface area contributed by atoms with Crippen LogP contribution in [-0.4, -0.2) is 64.4 Å². The summed E-state index contributed by atoms with van der Waals surface area (Å²) >= 11 is 0. The fourth-order valence-electron chi connectivity index (χ4n) is 3.88. The maximum absolute atomic E-state index is 13.1. The second-order valence-electron chi connectivity index (χ2n) is 8.19. The fourth-order valence-corrected chi connectivity index (χ4v) is 3.88. The van der Waals surface area contributed by atoms with E-state index in [-0.39, 0.29) is 30.9 Å². The van der Waals surface area contributed by atoms with Crippen molar-refractivity contribution in [1.29, 1.82) is 0 Å². The van der Waals surface area contributed by atoms with Crippen LogP contribution in [0.1, 0.15) is 16.8 Å². The summed E-state index contributed by atoms with van der Waals surface area (Å²) in [5.74, 6) is 0.496. The Hall–Kier alpha value is -3.78. The quantitative estimate of drug-likeness (QED) is 0.514. The van der Waals surface area contributed by atoms with Crippen molar-refractivity contribution >= 4 is 11.8 Å². The number of amides is 2. The van der Waals surface area contributed by atoms with Crippen molar-refractivity contribution < 1.29 is 19.1 Å². The zero-order chi connectivity index (χ0) is 23.8. The molecule has 0 spiro atoms. The largest absolute Gasteiger partial charge is 0.497 e. The highest BCUT2D eigenvalue weighted by molar-refractivity contribution is 5.86. The van der Waals surface area contributed by atoms with E-state index in [1.54, 1.807) is 41.6 Å². The van der Waals surface area contributed by atoms with Crippen molar-refractivity contribution in [3.8, 4) is 5.75 Å². The van der Waals surface area contributed by atoms with Gasteiger partial charge in [0.1, 0.15) is 5.75 Å². The first-order valence-electron chi connectivity index (χ1n) is 11.2. The summed E-state index contributed by atoms with van der Waals surface area (Å²) in [6, 6.07) is 16.9. The Morgan fingerprint density at radius 2 is 1.94 bits per heavy atom. The molecule has 8 heteroatoms. The molecule has 0 N–H and O–H groups in total. The maximum atomic E-state index is 13.1. The van der Waals surface area contributed by atoms with Gasteiger partial charge in [0.05, 0.1) is 45.0 Å². The van der Waals surface area contributed by atoms with Crippen LogP contribution in [0.2, 0.25) is 0 Å². The summed E-state index contributed by atoms with van der Waals surface area (Å²) in [6.45, 7) is 1.41. The summed E-state index contributed by atoms with van der Waals surface area (Å²) in [7, 11) is 1.62. The van der Waals surface area contributed by atoms with Crippen LogP contribution in [0.25, 0.3) is 0 Å². The Bertz CT molecular complexity index is 1090. The number of carbonyl (C=O) groups excluding carboxylic acids is 2. The molecule has 0 bridgehead atoms. The lowest BCUT2D eigenvalue weighted by Gasteiger charge is -2.25. The smallest absolute Gasteiger partial charge is 0.242 e. The molecule has 1 aliphatic heterocycles. The van der Waals surface area contributed by atoms with Gasteiger partial charge in [-0.1, -0.05) is 24.3 Å². The molecule has 176 valence electrons. The van der Waals surface area contributed by atoms with Crippen LogP contribution in [0.5, 0.6) is 5.75 Å². The molecular formula is C26H28N4O4. The standard InChI is InChI=1S/C26H28N4O4/c1-33-23-9-4-6-21(12-23)19-34-24-16-29(15-22-8-2-3-11-28-22)26(32)18-30(17-24)25(31)13-20-7-5-10-27-14-20/h2-12,14,24H,13,15-19H2,1H3. The topological polar surface area (TPSA) is 84.9 Å². The molecule has 1 unspecified atom stereocenters. The molecule has 0 radical (unpaired) electrons. The zero-order valence-corrected chi connectivity index (χ0v) is 19.2. The van der Waals surface area contributed by atoms with E-state index in [1.807, 2.05) is 48.5 Å². The fraction of sp³-hybridized carbons (Fsp3) is 0.308. The second-order valence-corrected chi connectivity index (χ2v) is 8.19. The van der Waals surface area contributed by atoms with E-state index < -0.39 is 0 Å². The molecule has 1 aliphatic rings. The van der Waals surface area contributed by atoms with Gasteiger partial charge in [0.15, 0.2) is 0 Å². The normalized spacial score (nSPS) is 16.3. The van der Waals surface area contributed by atoms with Gasteiger partial charge in [-0.25, -0.2) is 0 Å². The second kappa shape index (κ2) is 11.4. The molecule has 34 heavy (non-hydrogen) atoms. The minimum Gasteiger partial charge on any atom is -0.497 e. The molecule has 0 aliphatic carbocycles. The molecule has 3 aromatic rings. The predicted octanol–water partition coefficient (Wildman–Crippen LogP) is 2.48. The van der Waals surface area contributed by atoms with Crippen molar-refractivity contribution in [2.24, 2.45) is 0 Å². The van der Waals surface area contributed by atoms with Crippen molar-refractivity contribution in [1.82, 2.24) is 19.8 Å². The van der Waals surface area contributed by atoms with Crippen LogP contribution >= 0.6 is 0 Å². The molecule has 8 nitrogen and oxygen atoms in total. The summed E-state index contributed by atoms with van der Waals surface area (Å²) < 4.78 is 11.5. The summed E-state index contributed by atoms with van der Waals surface area (Å²) in [4.78, 5) is 37.9. The van der Waals surface area contributed by atoms with Crippen LogP contribution in [0.4, 0.5) is 0 Å². The molecule has 2 aromatic heterocycles. The van der Waals surface area contributed by atoms with E-state index in [0.717, 1.165) is 22.6 Å². The van der Waals surface area contributed by atoms with Crippen LogP contribution in [-0.2, 0) is 33.9 Å². The van der Waals surface area contributed by atoms with Crippen LogP contribution in [0, 0.1) is 0 Å².